The molecule has 0 atom stereocenters. The summed E-state index contributed by atoms with van der Waals surface area (Å²) in [4.78, 5) is 12.4. The number of nitrogens with one attached hydrogen (secondary N) is 1. The Hall–Kier alpha value is -0.780. The second kappa shape index (κ2) is 6.33. The maximum Gasteiger partial charge on any atom is 0.272 e. The Balaban J connectivity index is 2.30. The summed E-state index contributed by atoms with van der Waals surface area (Å²) >= 11 is 12.7. The van der Waals surface area contributed by atoms with Gasteiger partial charge in [0.25, 0.3) is 5.91 Å². The first kappa shape index (κ1) is 15.6. The first-order valence-electron chi connectivity index (χ1n) is 6.03. The maximum absolute atomic E-state index is 12.4. The van der Waals surface area contributed by atoms with E-state index in [2.05, 4.69) is 37.2 Å². The second-order valence-electron chi connectivity index (χ2n) is 4.59. The quantitative estimate of drug-likeness (QED) is 0.699. The summed E-state index contributed by atoms with van der Waals surface area (Å²) in [7, 11) is 0. The first-order valence-corrected chi connectivity index (χ1v) is 7.99. The lowest BCUT2D eigenvalue weighted by Gasteiger charge is -2.14. The second-order valence-corrected chi connectivity index (χ2v) is 6.64. The Bertz CT molecular complexity index is 635. The maximum atomic E-state index is 12.4. The molecule has 2 aromatic rings. The predicted octanol–water partition coefficient (Wildman–Crippen LogP) is 5.50. The van der Waals surface area contributed by atoms with Crippen LogP contribution in [-0.4, -0.2) is 10.5 Å². The molecule has 6 heteroatoms. The molecule has 1 aromatic heterocycles. The van der Waals surface area contributed by atoms with Crippen molar-refractivity contribution in [3.05, 3.63) is 50.1 Å². The topological polar surface area (TPSA) is 34.0 Å². The molecule has 1 aromatic carbocycles. The molecule has 1 heterocycles. The van der Waals surface area contributed by atoms with Crippen LogP contribution in [0, 0.1) is 0 Å². The molecule has 0 unspecified atom stereocenters. The van der Waals surface area contributed by atoms with E-state index in [1.165, 1.54) is 0 Å². The number of hydrogen-bond acceptors (Lipinski definition) is 1. The van der Waals surface area contributed by atoms with E-state index in [9.17, 15) is 4.79 Å². The van der Waals surface area contributed by atoms with Gasteiger partial charge in [0, 0.05) is 16.8 Å². The molecule has 0 aliphatic heterocycles. The summed E-state index contributed by atoms with van der Waals surface area (Å²) in [5, 5.41) is 3.50. The summed E-state index contributed by atoms with van der Waals surface area (Å²) in [6.07, 6.45) is 0. The van der Waals surface area contributed by atoms with Crippen LogP contribution in [0.25, 0.3) is 0 Å². The number of rotatable bonds is 3. The third-order valence-electron chi connectivity index (χ3n) is 2.78. The van der Waals surface area contributed by atoms with Gasteiger partial charge in [-0.3, -0.25) is 4.79 Å². The molecule has 0 radical (unpaired) electrons. The number of amides is 1. The van der Waals surface area contributed by atoms with Gasteiger partial charge >= 0.3 is 0 Å². The molecule has 20 heavy (non-hydrogen) atoms. The van der Waals surface area contributed by atoms with Gasteiger partial charge < -0.3 is 9.88 Å². The minimum Gasteiger partial charge on any atom is -0.328 e. The van der Waals surface area contributed by atoms with Crippen molar-refractivity contribution in [1.82, 2.24) is 4.57 Å². The average molecular weight is 421 g/mol. The van der Waals surface area contributed by atoms with Crippen LogP contribution in [0.3, 0.4) is 0 Å². The third kappa shape index (κ3) is 3.27. The van der Waals surface area contributed by atoms with Crippen molar-refractivity contribution in [3.8, 4) is 0 Å². The minimum absolute atomic E-state index is 0.160. The number of carbonyl (C=O) groups excluding carboxylic acids is 1. The summed E-state index contributed by atoms with van der Waals surface area (Å²) in [5.74, 6) is -0.160. The van der Waals surface area contributed by atoms with E-state index < -0.39 is 0 Å². The highest BCUT2D eigenvalue weighted by molar-refractivity contribution is 9.13. The summed E-state index contributed by atoms with van der Waals surface area (Å²) < 4.78 is 3.64. The molecule has 1 amide bonds. The number of benzene rings is 1. The number of anilines is 1. The number of halogens is 3. The zero-order valence-corrected chi connectivity index (χ0v) is 14.9. The van der Waals surface area contributed by atoms with Crippen molar-refractivity contribution in [2.24, 2.45) is 0 Å². The lowest BCUT2D eigenvalue weighted by atomic mass is 10.3. The van der Waals surface area contributed by atoms with Gasteiger partial charge in [0.05, 0.1) is 9.08 Å². The molecule has 0 aliphatic carbocycles. The average Bonchev–Trinajstić information content (AvgIpc) is 2.69. The molecule has 106 valence electrons. The van der Waals surface area contributed by atoms with E-state index in [0.717, 1.165) is 9.08 Å². The van der Waals surface area contributed by atoms with E-state index in [1.807, 2.05) is 18.4 Å². The van der Waals surface area contributed by atoms with Gasteiger partial charge in [-0.15, -0.1) is 0 Å². The highest BCUT2D eigenvalue weighted by Gasteiger charge is 2.19. The Morgan fingerprint density at radius 3 is 2.40 bits per heavy atom. The first-order chi connectivity index (χ1) is 9.40. The lowest BCUT2D eigenvalue weighted by Crippen LogP contribution is -2.18. The van der Waals surface area contributed by atoms with Crippen LogP contribution in [-0.2, 0) is 0 Å². The molecule has 0 fully saturated rings. The number of carbonyl (C=O) groups is 1. The van der Waals surface area contributed by atoms with Crippen molar-refractivity contribution in [2.75, 3.05) is 5.32 Å². The Morgan fingerprint density at radius 1 is 1.25 bits per heavy atom. The van der Waals surface area contributed by atoms with Crippen molar-refractivity contribution in [3.63, 3.8) is 0 Å². The fraction of sp³-hybridized carbons (Fsp3) is 0.214. The summed E-state index contributed by atoms with van der Waals surface area (Å²) in [6.45, 7) is 4.05. The monoisotopic (exact) mass is 418 g/mol. The fourth-order valence-corrected chi connectivity index (χ4v) is 3.13. The van der Waals surface area contributed by atoms with Crippen LogP contribution in [0.5, 0.6) is 0 Å². The molecular formula is C14H13Br2ClN2O. The molecule has 0 aliphatic rings. The van der Waals surface area contributed by atoms with Gasteiger partial charge in [-0.05, 0) is 76.0 Å². The zero-order valence-electron chi connectivity index (χ0n) is 11.0. The van der Waals surface area contributed by atoms with Crippen LogP contribution in [0.15, 0.2) is 39.4 Å². The number of aromatic nitrogens is 1. The molecule has 0 spiro atoms. The van der Waals surface area contributed by atoms with Crippen molar-refractivity contribution in [1.29, 1.82) is 0 Å². The van der Waals surface area contributed by atoms with Crippen LogP contribution in [0.1, 0.15) is 30.4 Å². The molecular weight excluding hydrogens is 407 g/mol. The molecule has 0 bridgehead atoms. The highest BCUT2D eigenvalue weighted by Crippen LogP contribution is 2.30. The van der Waals surface area contributed by atoms with Crippen LogP contribution < -0.4 is 5.32 Å². The molecule has 0 saturated carbocycles. The number of nitrogens with zero attached hydrogens (tertiary/aromatic N) is 1. The normalized spacial score (nSPS) is 10.9. The Morgan fingerprint density at radius 2 is 1.85 bits per heavy atom. The van der Waals surface area contributed by atoms with Crippen LogP contribution in [0.2, 0.25) is 5.02 Å². The fourth-order valence-electron chi connectivity index (χ4n) is 1.88. The van der Waals surface area contributed by atoms with Crippen molar-refractivity contribution >= 4 is 55.1 Å². The molecule has 2 rings (SSSR count). The van der Waals surface area contributed by atoms with Crippen LogP contribution >= 0.6 is 43.5 Å². The van der Waals surface area contributed by atoms with Gasteiger partial charge in [0.2, 0.25) is 0 Å². The largest absolute Gasteiger partial charge is 0.328 e. The van der Waals surface area contributed by atoms with Gasteiger partial charge in [-0.1, -0.05) is 11.6 Å². The Labute approximate surface area is 139 Å². The van der Waals surface area contributed by atoms with Crippen molar-refractivity contribution < 1.29 is 4.79 Å². The smallest absolute Gasteiger partial charge is 0.272 e. The lowest BCUT2D eigenvalue weighted by molar-refractivity contribution is 0.101. The van der Waals surface area contributed by atoms with Gasteiger partial charge in [0.1, 0.15) is 5.69 Å². The van der Waals surface area contributed by atoms with Gasteiger partial charge in [0.15, 0.2) is 0 Å². The highest BCUT2D eigenvalue weighted by atomic mass is 79.9. The van der Waals surface area contributed by atoms with E-state index in [0.29, 0.717) is 16.4 Å². The van der Waals surface area contributed by atoms with E-state index in [1.54, 1.807) is 30.3 Å². The minimum atomic E-state index is -0.160. The SMILES string of the molecule is CC(C)n1c(C(=O)Nc2ccc(Cl)cc2)cc(Br)c1Br. The van der Waals surface area contributed by atoms with E-state index in [-0.39, 0.29) is 11.9 Å². The summed E-state index contributed by atoms with van der Waals surface area (Å²) in [5.41, 5.74) is 1.30. The molecule has 1 N–H and O–H groups in total. The van der Waals surface area contributed by atoms with Gasteiger partial charge in [-0.2, -0.15) is 0 Å². The standard InChI is InChI=1S/C14H13Br2ClN2O/c1-8(2)19-12(7-11(15)13(19)16)14(20)18-10-5-3-9(17)4-6-10/h3-8H,1-2H3,(H,18,20). The third-order valence-corrected chi connectivity index (χ3v) is 4.98. The molecule has 0 saturated heterocycles. The van der Waals surface area contributed by atoms with Crippen LogP contribution in [0.4, 0.5) is 5.69 Å². The number of hydrogen-bond donors (Lipinski definition) is 1. The zero-order chi connectivity index (χ0) is 14.9. The predicted molar refractivity (Wildman–Crippen MR) is 89.6 cm³/mol. The van der Waals surface area contributed by atoms with Crippen molar-refractivity contribution in [2.45, 2.75) is 19.9 Å². The Kier molecular flexibility index (Phi) is 4.94. The van der Waals surface area contributed by atoms with E-state index >= 15 is 0 Å². The molecule has 3 nitrogen and oxygen atoms in total. The summed E-state index contributed by atoms with van der Waals surface area (Å²) in [6, 6.07) is 8.99. The van der Waals surface area contributed by atoms with Gasteiger partial charge in [-0.25, -0.2) is 0 Å². The van der Waals surface area contributed by atoms with E-state index in [4.69, 9.17) is 11.6 Å².